The molecule has 0 aliphatic heterocycles. The first-order chi connectivity index (χ1) is 9.94. The fourth-order valence-electron chi connectivity index (χ4n) is 1.57. The third-order valence-electron chi connectivity index (χ3n) is 2.58. The van der Waals surface area contributed by atoms with Crippen LogP contribution >= 0.6 is 0 Å². The molecule has 0 spiro atoms. The molecule has 0 atom stereocenters. The third kappa shape index (κ3) is 3.82. The molecule has 0 saturated carbocycles. The summed E-state index contributed by atoms with van der Waals surface area (Å²) < 4.78 is 13.9. The van der Waals surface area contributed by atoms with E-state index in [1.54, 1.807) is 0 Å². The standard InChI is InChI=1S/C14H14O7/c1-19-11-5-4-8(6-9(11)12(15)16)7-10(13(17)20-2)14(18)21-3/h4-7H,1-3H3,(H,15,16). The molecule has 0 aliphatic carbocycles. The Balaban J connectivity index is 3.34. The highest BCUT2D eigenvalue weighted by molar-refractivity contribution is 6.17. The summed E-state index contributed by atoms with van der Waals surface area (Å²) in [6.45, 7) is 0. The summed E-state index contributed by atoms with van der Waals surface area (Å²) >= 11 is 0. The topological polar surface area (TPSA) is 99.1 Å². The number of esters is 2. The van der Waals surface area contributed by atoms with Crippen LogP contribution in [0.1, 0.15) is 15.9 Å². The Kier molecular flexibility index (Phi) is 5.48. The Morgan fingerprint density at radius 2 is 1.62 bits per heavy atom. The lowest BCUT2D eigenvalue weighted by Crippen LogP contribution is -2.15. The molecule has 1 aromatic rings. The van der Waals surface area contributed by atoms with E-state index < -0.39 is 17.9 Å². The maximum atomic E-state index is 11.5. The molecular formula is C14H14O7. The molecule has 1 aromatic carbocycles. The average Bonchev–Trinajstić information content (AvgIpc) is 2.50. The second kappa shape index (κ2) is 7.09. The lowest BCUT2D eigenvalue weighted by atomic mass is 10.1. The van der Waals surface area contributed by atoms with Gasteiger partial charge in [0, 0.05) is 0 Å². The van der Waals surface area contributed by atoms with E-state index in [4.69, 9.17) is 9.84 Å². The van der Waals surface area contributed by atoms with Crippen LogP contribution in [0.2, 0.25) is 0 Å². The Morgan fingerprint density at radius 3 is 2.05 bits per heavy atom. The van der Waals surface area contributed by atoms with Crippen LogP contribution in [-0.4, -0.2) is 44.3 Å². The summed E-state index contributed by atoms with van der Waals surface area (Å²) in [5.41, 5.74) is -0.124. The molecule has 0 aromatic heterocycles. The second-order valence-electron chi connectivity index (χ2n) is 3.81. The second-order valence-corrected chi connectivity index (χ2v) is 3.81. The highest BCUT2D eigenvalue weighted by atomic mass is 16.5. The van der Waals surface area contributed by atoms with E-state index in [1.807, 2.05) is 0 Å². The number of hydrogen-bond donors (Lipinski definition) is 1. The molecule has 0 amide bonds. The third-order valence-corrected chi connectivity index (χ3v) is 2.58. The fraction of sp³-hybridized carbons (Fsp3) is 0.214. The maximum absolute atomic E-state index is 11.5. The lowest BCUT2D eigenvalue weighted by Gasteiger charge is -2.07. The molecule has 0 bridgehead atoms. The minimum atomic E-state index is -1.19. The largest absolute Gasteiger partial charge is 0.496 e. The molecule has 0 unspecified atom stereocenters. The normalized spacial score (nSPS) is 9.48. The van der Waals surface area contributed by atoms with Crippen LogP contribution < -0.4 is 4.74 Å². The molecule has 0 aliphatic rings. The van der Waals surface area contributed by atoms with Crippen molar-refractivity contribution in [1.82, 2.24) is 0 Å². The van der Waals surface area contributed by atoms with Gasteiger partial charge in [0.15, 0.2) is 0 Å². The minimum absolute atomic E-state index is 0.0969. The summed E-state index contributed by atoms with van der Waals surface area (Å²) in [4.78, 5) is 34.2. The first kappa shape index (κ1) is 16.2. The molecule has 112 valence electrons. The number of carbonyl (C=O) groups excluding carboxylic acids is 2. The van der Waals surface area contributed by atoms with Crippen molar-refractivity contribution in [2.75, 3.05) is 21.3 Å². The van der Waals surface area contributed by atoms with Crippen molar-refractivity contribution in [3.05, 3.63) is 34.9 Å². The monoisotopic (exact) mass is 294 g/mol. The fourth-order valence-corrected chi connectivity index (χ4v) is 1.57. The van der Waals surface area contributed by atoms with Crippen molar-refractivity contribution >= 4 is 24.0 Å². The van der Waals surface area contributed by atoms with Crippen LogP contribution in [0.5, 0.6) is 5.75 Å². The first-order valence-corrected chi connectivity index (χ1v) is 5.74. The number of benzene rings is 1. The van der Waals surface area contributed by atoms with Crippen molar-refractivity contribution in [2.24, 2.45) is 0 Å². The summed E-state index contributed by atoms with van der Waals surface area (Å²) in [6, 6.07) is 4.19. The van der Waals surface area contributed by atoms with Crippen molar-refractivity contribution in [1.29, 1.82) is 0 Å². The van der Waals surface area contributed by atoms with Crippen LogP contribution in [0.25, 0.3) is 6.08 Å². The molecule has 21 heavy (non-hydrogen) atoms. The lowest BCUT2D eigenvalue weighted by molar-refractivity contribution is -0.143. The summed E-state index contributed by atoms with van der Waals surface area (Å²) in [7, 11) is 3.58. The van der Waals surface area contributed by atoms with Crippen LogP contribution in [0.15, 0.2) is 23.8 Å². The molecule has 1 N–H and O–H groups in total. The Bertz CT molecular complexity index is 583. The Morgan fingerprint density at radius 1 is 1.05 bits per heavy atom. The maximum Gasteiger partial charge on any atom is 0.345 e. The quantitative estimate of drug-likeness (QED) is 0.376. The van der Waals surface area contributed by atoms with Gasteiger partial charge in [-0.15, -0.1) is 0 Å². The molecule has 0 saturated heterocycles. The van der Waals surface area contributed by atoms with Gasteiger partial charge in [-0.05, 0) is 23.8 Å². The Hall–Kier alpha value is -2.83. The van der Waals surface area contributed by atoms with Crippen molar-refractivity contribution < 1.29 is 33.7 Å². The molecule has 0 heterocycles. The minimum Gasteiger partial charge on any atom is -0.496 e. The predicted octanol–water partition coefficient (Wildman–Crippen LogP) is 1.12. The number of aromatic carboxylic acids is 1. The SMILES string of the molecule is COC(=O)C(=Cc1ccc(OC)c(C(=O)O)c1)C(=O)OC. The van der Waals surface area contributed by atoms with E-state index in [1.165, 1.54) is 31.4 Å². The smallest absolute Gasteiger partial charge is 0.345 e. The number of carboxylic acids is 1. The number of ether oxygens (including phenoxy) is 3. The van der Waals surface area contributed by atoms with Crippen molar-refractivity contribution in [3.8, 4) is 5.75 Å². The highest BCUT2D eigenvalue weighted by Crippen LogP contribution is 2.21. The molecular weight excluding hydrogens is 280 g/mol. The first-order valence-electron chi connectivity index (χ1n) is 5.74. The summed E-state index contributed by atoms with van der Waals surface area (Å²) in [6.07, 6.45) is 1.18. The van der Waals surface area contributed by atoms with Gasteiger partial charge >= 0.3 is 17.9 Å². The van der Waals surface area contributed by atoms with E-state index in [0.717, 1.165) is 14.2 Å². The van der Waals surface area contributed by atoms with Gasteiger partial charge in [0.2, 0.25) is 0 Å². The van der Waals surface area contributed by atoms with E-state index in [2.05, 4.69) is 9.47 Å². The van der Waals surface area contributed by atoms with Crippen molar-refractivity contribution in [3.63, 3.8) is 0 Å². The van der Waals surface area contributed by atoms with Crippen molar-refractivity contribution in [2.45, 2.75) is 0 Å². The van der Waals surface area contributed by atoms with E-state index in [-0.39, 0.29) is 16.9 Å². The van der Waals surface area contributed by atoms with Gasteiger partial charge in [0.05, 0.1) is 21.3 Å². The molecule has 1 rings (SSSR count). The number of methoxy groups -OCH3 is 3. The highest BCUT2D eigenvalue weighted by Gasteiger charge is 2.20. The van der Waals surface area contributed by atoms with E-state index in [0.29, 0.717) is 5.56 Å². The summed E-state index contributed by atoms with van der Waals surface area (Å²) in [5.74, 6) is -2.79. The molecule has 7 nitrogen and oxygen atoms in total. The van der Waals surface area contributed by atoms with Gasteiger partial charge in [0.1, 0.15) is 16.9 Å². The van der Waals surface area contributed by atoms with E-state index >= 15 is 0 Å². The molecule has 7 heteroatoms. The Labute approximate surface area is 120 Å². The van der Waals surface area contributed by atoms with Gasteiger partial charge in [-0.25, -0.2) is 14.4 Å². The number of carboxylic acid groups (broad SMARTS) is 1. The average molecular weight is 294 g/mol. The zero-order valence-corrected chi connectivity index (χ0v) is 11.7. The number of carbonyl (C=O) groups is 3. The molecule has 0 radical (unpaired) electrons. The zero-order valence-electron chi connectivity index (χ0n) is 11.7. The number of hydrogen-bond acceptors (Lipinski definition) is 6. The zero-order chi connectivity index (χ0) is 16.0. The van der Waals surface area contributed by atoms with Gasteiger partial charge < -0.3 is 19.3 Å². The van der Waals surface area contributed by atoms with Crippen LogP contribution in [0, 0.1) is 0 Å². The predicted molar refractivity (Wildman–Crippen MR) is 72.0 cm³/mol. The van der Waals surface area contributed by atoms with Crippen LogP contribution in [-0.2, 0) is 19.1 Å². The van der Waals surface area contributed by atoms with Gasteiger partial charge in [-0.1, -0.05) is 6.07 Å². The van der Waals surface area contributed by atoms with Gasteiger partial charge in [-0.2, -0.15) is 0 Å². The molecule has 0 fully saturated rings. The van der Waals surface area contributed by atoms with Crippen LogP contribution in [0.4, 0.5) is 0 Å². The van der Waals surface area contributed by atoms with Gasteiger partial charge in [0.25, 0.3) is 0 Å². The van der Waals surface area contributed by atoms with Crippen LogP contribution in [0.3, 0.4) is 0 Å². The van der Waals surface area contributed by atoms with Gasteiger partial charge in [-0.3, -0.25) is 0 Å². The van der Waals surface area contributed by atoms with E-state index in [9.17, 15) is 14.4 Å². The number of rotatable bonds is 5. The summed E-state index contributed by atoms with van der Waals surface area (Å²) in [5, 5.41) is 9.08.